The Kier molecular flexibility index (Phi) is 8.93. The summed E-state index contributed by atoms with van der Waals surface area (Å²) in [7, 11) is 1.40. The Bertz CT molecular complexity index is 447. The molecular formula is C19H29ClO5. The molecule has 6 heteroatoms. The van der Waals surface area contributed by atoms with Crippen molar-refractivity contribution in [2.24, 2.45) is 11.8 Å². The molecular weight excluding hydrogens is 344 g/mol. The summed E-state index contributed by atoms with van der Waals surface area (Å²) in [6.07, 6.45) is 11.3. The lowest BCUT2D eigenvalue weighted by atomic mass is 9.92. The van der Waals surface area contributed by atoms with E-state index in [2.05, 4.69) is 10.8 Å². The van der Waals surface area contributed by atoms with Gasteiger partial charge in [-0.2, -0.15) is 0 Å². The summed E-state index contributed by atoms with van der Waals surface area (Å²) >= 11 is 6.49. The van der Waals surface area contributed by atoms with Gasteiger partial charge in [-0.05, 0) is 50.9 Å². The highest BCUT2D eigenvalue weighted by Crippen LogP contribution is 2.40. The Labute approximate surface area is 155 Å². The second-order valence-corrected chi connectivity index (χ2v) is 7.34. The number of unbranched alkanes of at least 4 members (excludes halogenated alkanes) is 1. The summed E-state index contributed by atoms with van der Waals surface area (Å²) in [5, 5.41) is -0.0662. The van der Waals surface area contributed by atoms with Crippen LogP contribution in [0.3, 0.4) is 0 Å². The second kappa shape index (κ2) is 10.9. The summed E-state index contributed by atoms with van der Waals surface area (Å²) in [5.74, 6) is -0.284. The van der Waals surface area contributed by atoms with E-state index in [1.165, 1.54) is 7.11 Å². The fourth-order valence-electron chi connectivity index (χ4n) is 3.56. The van der Waals surface area contributed by atoms with E-state index in [0.29, 0.717) is 12.8 Å². The van der Waals surface area contributed by atoms with Gasteiger partial charge in [-0.3, -0.25) is 4.79 Å². The highest BCUT2D eigenvalue weighted by molar-refractivity contribution is 6.21. The zero-order chi connectivity index (χ0) is 18.1. The summed E-state index contributed by atoms with van der Waals surface area (Å²) < 4.78 is 16.3. The molecule has 2 fully saturated rings. The minimum atomic E-state index is -0.197. The Morgan fingerprint density at radius 2 is 2.16 bits per heavy atom. The fraction of sp³-hybridized carbons (Fsp3) is 0.789. The monoisotopic (exact) mass is 372 g/mol. The standard InChI is InChI=1S/C19H29ClO5/c1-23-18(22)9-5-3-2-4-8-14-15(13-21)17(12-16(14)20)25-19-10-6-7-11-24-19/h2,4,13-17,19H,3,5-12H2,1H3/t14-,15-,16-,17-,19?/m1/s1. The average molecular weight is 373 g/mol. The van der Waals surface area contributed by atoms with E-state index in [0.717, 1.165) is 51.4 Å². The van der Waals surface area contributed by atoms with E-state index in [4.69, 9.17) is 21.1 Å². The van der Waals surface area contributed by atoms with Crippen LogP contribution in [0.2, 0.25) is 0 Å². The first-order chi connectivity index (χ1) is 12.2. The molecule has 1 aliphatic heterocycles. The van der Waals surface area contributed by atoms with Gasteiger partial charge >= 0.3 is 5.97 Å². The third-order valence-corrected chi connectivity index (χ3v) is 5.52. The summed E-state index contributed by atoms with van der Waals surface area (Å²) in [6, 6.07) is 0. The van der Waals surface area contributed by atoms with E-state index in [1.807, 2.05) is 6.08 Å². The highest BCUT2D eigenvalue weighted by Gasteiger charge is 2.43. The van der Waals surface area contributed by atoms with Crippen LogP contribution in [0.1, 0.15) is 51.4 Å². The normalized spacial score (nSPS) is 32.8. The molecule has 5 atom stereocenters. The van der Waals surface area contributed by atoms with E-state index in [9.17, 15) is 9.59 Å². The number of allylic oxidation sites excluding steroid dienone is 2. The van der Waals surface area contributed by atoms with Crippen molar-refractivity contribution >= 4 is 23.9 Å². The molecule has 142 valence electrons. The van der Waals surface area contributed by atoms with Crippen LogP contribution >= 0.6 is 11.6 Å². The van der Waals surface area contributed by atoms with Gasteiger partial charge in [0, 0.05) is 24.3 Å². The SMILES string of the molecule is COC(=O)CCCC=CC[C@@H]1[C@@H](C=O)[C@H](OC2CCCCO2)C[C@H]1Cl. The maximum absolute atomic E-state index is 11.6. The third kappa shape index (κ3) is 6.39. The zero-order valence-electron chi connectivity index (χ0n) is 14.9. The number of methoxy groups -OCH3 is 1. The molecule has 0 aromatic rings. The second-order valence-electron chi connectivity index (χ2n) is 6.78. The molecule has 1 aliphatic carbocycles. The van der Waals surface area contributed by atoms with E-state index >= 15 is 0 Å². The minimum Gasteiger partial charge on any atom is -0.469 e. The predicted octanol–water partition coefficient (Wildman–Crippen LogP) is 3.63. The van der Waals surface area contributed by atoms with Crippen molar-refractivity contribution in [3.05, 3.63) is 12.2 Å². The number of esters is 1. The number of carbonyl (C=O) groups is 2. The molecule has 0 aromatic carbocycles. The molecule has 0 aromatic heterocycles. The van der Waals surface area contributed by atoms with Gasteiger partial charge in [0.15, 0.2) is 6.29 Å². The molecule has 0 bridgehead atoms. The number of hydrogen-bond donors (Lipinski definition) is 0. The molecule has 0 spiro atoms. The summed E-state index contributed by atoms with van der Waals surface area (Å²) in [6.45, 7) is 0.727. The fourth-order valence-corrected chi connectivity index (χ4v) is 4.01. The number of rotatable bonds is 9. The van der Waals surface area contributed by atoms with Gasteiger partial charge in [-0.1, -0.05) is 12.2 Å². The van der Waals surface area contributed by atoms with Crippen LogP contribution in [0.5, 0.6) is 0 Å². The Balaban J connectivity index is 1.77. The van der Waals surface area contributed by atoms with E-state index < -0.39 is 0 Å². The number of ether oxygens (including phenoxy) is 3. The molecule has 1 unspecified atom stereocenters. The average Bonchev–Trinajstić information content (AvgIpc) is 2.92. The zero-order valence-corrected chi connectivity index (χ0v) is 15.7. The smallest absolute Gasteiger partial charge is 0.305 e. The summed E-state index contributed by atoms with van der Waals surface area (Å²) in [4.78, 5) is 22.7. The number of hydrogen-bond acceptors (Lipinski definition) is 5. The van der Waals surface area contributed by atoms with Crippen molar-refractivity contribution in [3.8, 4) is 0 Å². The van der Waals surface area contributed by atoms with Crippen LogP contribution < -0.4 is 0 Å². The first-order valence-electron chi connectivity index (χ1n) is 9.24. The lowest BCUT2D eigenvalue weighted by Gasteiger charge is -2.28. The van der Waals surface area contributed by atoms with Crippen LogP contribution in [0.15, 0.2) is 12.2 Å². The summed E-state index contributed by atoms with van der Waals surface area (Å²) in [5.41, 5.74) is 0. The molecule has 1 heterocycles. The highest BCUT2D eigenvalue weighted by atomic mass is 35.5. The first kappa shape index (κ1) is 20.4. The van der Waals surface area contributed by atoms with Crippen molar-refractivity contribution in [1.29, 1.82) is 0 Å². The van der Waals surface area contributed by atoms with Crippen LogP contribution in [0.4, 0.5) is 0 Å². The Morgan fingerprint density at radius 1 is 1.32 bits per heavy atom. The van der Waals surface area contributed by atoms with Gasteiger partial charge in [0.05, 0.1) is 13.2 Å². The van der Waals surface area contributed by atoms with Crippen molar-refractivity contribution in [2.75, 3.05) is 13.7 Å². The van der Waals surface area contributed by atoms with Crippen molar-refractivity contribution in [1.82, 2.24) is 0 Å². The maximum atomic E-state index is 11.6. The van der Waals surface area contributed by atoms with Crippen LogP contribution in [0.25, 0.3) is 0 Å². The largest absolute Gasteiger partial charge is 0.469 e. The quantitative estimate of drug-likeness (QED) is 0.203. The van der Waals surface area contributed by atoms with Crippen LogP contribution in [-0.2, 0) is 23.8 Å². The number of carbonyl (C=O) groups excluding carboxylic acids is 2. The molecule has 0 N–H and O–H groups in total. The predicted molar refractivity (Wildman–Crippen MR) is 95.4 cm³/mol. The van der Waals surface area contributed by atoms with Gasteiger partial charge in [0.1, 0.15) is 6.29 Å². The van der Waals surface area contributed by atoms with Crippen molar-refractivity contribution in [2.45, 2.75) is 69.1 Å². The van der Waals surface area contributed by atoms with Gasteiger partial charge in [0.2, 0.25) is 0 Å². The van der Waals surface area contributed by atoms with Crippen molar-refractivity contribution in [3.63, 3.8) is 0 Å². The maximum Gasteiger partial charge on any atom is 0.305 e. The van der Waals surface area contributed by atoms with Crippen LogP contribution in [-0.4, -0.2) is 43.7 Å². The van der Waals surface area contributed by atoms with Gasteiger partial charge in [0.25, 0.3) is 0 Å². The van der Waals surface area contributed by atoms with Gasteiger partial charge < -0.3 is 19.0 Å². The molecule has 0 radical (unpaired) electrons. The molecule has 1 saturated carbocycles. The molecule has 1 saturated heterocycles. The van der Waals surface area contributed by atoms with Crippen molar-refractivity contribution < 1.29 is 23.8 Å². The topological polar surface area (TPSA) is 61.8 Å². The number of halogens is 1. The van der Waals surface area contributed by atoms with Gasteiger partial charge in [-0.15, -0.1) is 11.6 Å². The van der Waals surface area contributed by atoms with E-state index in [-0.39, 0.29) is 35.6 Å². The molecule has 2 rings (SSSR count). The molecule has 25 heavy (non-hydrogen) atoms. The number of alkyl halides is 1. The molecule has 2 aliphatic rings. The first-order valence-corrected chi connectivity index (χ1v) is 9.67. The lowest BCUT2D eigenvalue weighted by molar-refractivity contribution is -0.194. The van der Waals surface area contributed by atoms with Crippen LogP contribution in [0, 0.1) is 11.8 Å². The molecule has 0 amide bonds. The Hall–Kier alpha value is -0.910. The number of aldehydes is 1. The lowest BCUT2D eigenvalue weighted by Crippen LogP contribution is -2.31. The Morgan fingerprint density at radius 3 is 2.84 bits per heavy atom. The minimum absolute atomic E-state index is 0.0662. The van der Waals surface area contributed by atoms with Gasteiger partial charge in [-0.25, -0.2) is 0 Å². The van der Waals surface area contributed by atoms with E-state index in [1.54, 1.807) is 0 Å². The molecule has 5 nitrogen and oxygen atoms in total. The third-order valence-electron chi connectivity index (χ3n) is 5.02.